The minimum absolute atomic E-state index is 0.239. The zero-order chi connectivity index (χ0) is 11.3. The Morgan fingerprint density at radius 3 is 2.47 bits per heavy atom. The highest BCUT2D eigenvalue weighted by molar-refractivity contribution is 5.79. The van der Waals surface area contributed by atoms with Crippen LogP contribution in [0.4, 0.5) is 0 Å². The number of rotatable bonds is 4. The van der Waals surface area contributed by atoms with Gasteiger partial charge in [0.25, 0.3) is 0 Å². The lowest BCUT2D eigenvalue weighted by Crippen LogP contribution is -2.12. The lowest BCUT2D eigenvalue weighted by atomic mass is 10.0. The average Bonchev–Trinajstić information content (AvgIpc) is 2.28. The maximum absolute atomic E-state index is 11.4. The van der Waals surface area contributed by atoms with Crippen LogP contribution in [0.1, 0.15) is 35.7 Å². The topological polar surface area (TPSA) is 43.4 Å². The van der Waals surface area contributed by atoms with Crippen LogP contribution < -0.4 is 0 Å². The molecule has 1 atom stereocenters. The van der Waals surface area contributed by atoms with E-state index in [1.165, 1.54) is 0 Å². The molecule has 1 rings (SSSR count). The summed E-state index contributed by atoms with van der Waals surface area (Å²) in [5.41, 5.74) is 1.47. The largest absolute Gasteiger partial charge is 0.466 e. The van der Waals surface area contributed by atoms with Crippen LogP contribution in [-0.2, 0) is 9.53 Å². The van der Waals surface area contributed by atoms with Crippen LogP contribution in [0.2, 0.25) is 0 Å². The number of ether oxygens (including phenoxy) is 1. The minimum atomic E-state index is -0.286. The molecule has 3 nitrogen and oxygen atoms in total. The van der Waals surface area contributed by atoms with Crippen molar-refractivity contribution in [1.29, 1.82) is 0 Å². The summed E-state index contributed by atoms with van der Waals surface area (Å²) in [5.74, 6) is -0.526. The zero-order valence-corrected chi connectivity index (χ0v) is 8.90. The molecule has 15 heavy (non-hydrogen) atoms. The van der Waals surface area contributed by atoms with Crippen molar-refractivity contribution >= 4 is 12.3 Å². The van der Waals surface area contributed by atoms with Gasteiger partial charge in [0.15, 0.2) is 0 Å². The molecule has 1 aromatic carbocycles. The van der Waals surface area contributed by atoms with Gasteiger partial charge in [0.05, 0.1) is 12.5 Å². The first-order valence-corrected chi connectivity index (χ1v) is 4.90. The lowest BCUT2D eigenvalue weighted by molar-refractivity contribution is -0.144. The lowest BCUT2D eigenvalue weighted by Gasteiger charge is -2.10. The molecule has 0 bridgehead atoms. The molecule has 80 valence electrons. The Hall–Kier alpha value is -1.64. The minimum Gasteiger partial charge on any atom is -0.466 e. The van der Waals surface area contributed by atoms with Gasteiger partial charge in [0.2, 0.25) is 0 Å². The van der Waals surface area contributed by atoms with Crippen LogP contribution >= 0.6 is 0 Å². The Morgan fingerprint density at radius 1 is 1.40 bits per heavy atom. The second-order valence-corrected chi connectivity index (χ2v) is 3.26. The molecule has 0 amide bonds. The molecule has 3 heteroatoms. The van der Waals surface area contributed by atoms with E-state index in [1.54, 1.807) is 38.1 Å². The molecular weight excluding hydrogens is 192 g/mol. The molecule has 0 saturated heterocycles. The quantitative estimate of drug-likeness (QED) is 0.560. The standard InChI is InChI=1S/C12H14O3/c1-3-15-12(14)9(2)11-6-4-10(8-13)5-7-11/h4-9H,3H2,1-2H3/t9-/m0/s1. The molecule has 1 aromatic rings. The van der Waals surface area contributed by atoms with E-state index in [2.05, 4.69) is 0 Å². The first kappa shape index (κ1) is 11.4. The number of carbonyl (C=O) groups excluding carboxylic acids is 2. The van der Waals surface area contributed by atoms with Gasteiger partial charge in [-0.25, -0.2) is 0 Å². The molecule has 0 heterocycles. The third-order valence-electron chi connectivity index (χ3n) is 2.21. The number of hydrogen-bond acceptors (Lipinski definition) is 3. The van der Waals surface area contributed by atoms with Crippen molar-refractivity contribution in [2.24, 2.45) is 0 Å². The summed E-state index contributed by atoms with van der Waals surface area (Å²) in [5, 5.41) is 0. The van der Waals surface area contributed by atoms with E-state index in [9.17, 15) is 9.59 Å². The SMILES string of the molecule is CCOC(=O)[C@@H](C)c1ccc(C=O)cc1. The van der Waals surface area contributed by atoms with E-state index in [0.717, 1.165) is 11.8 Å². The molecule has 0 aliphatic heterocycles. The van der Waals surface area contributed by atoms with Gasteiger partial charge in [-0.2, -0.15) is 0 Å². The molecule has 0 aliphatic rings. The van der Waals surface area contributed by atoms with Crippen molar-refractivity contribution in [1.82, 2.24) is 0 Å². The van der Waals surface area contributed by atoms with E-state index in [1.807, 2.05) is 0 Å². The Labute approximate surface area is 89.1 Å². The highest BCUT2D eigenvalue weighted by atomic mass is 16.5. The maximum Gasteiger partial charge on any atom is 0.313 e. The van der Waals surface area contributed by atoms with Crippen molar-refractivity contribution in [3.63, 3.8) is 0 Å². The van der Waals surface area contributed by atoms with Crippen LogP contribution in [0, 0.1) is 0 Å². The van der Waals surface area contributed by atoms with Crippen molar-refractivity contribution in [2.45, 2.75) is 19.8 Å². The summed E-state index contributed by atoms with van der Waals surface area (Å²) >= 11 is 0. The predicted octanol–water partition coefficient (Wildman–Crippen LogP) is 2.17. The van der Waals surface area contributed by atoms with Gasteiger partial charge < -0.3 is 4.74 Å². The molecule has 0 fully saturated rings. The summed E-state index contributed by atoms with van der Waals surface area (Å²) in [6.45, 7) is 3.95. The fourth-order valence-corrected chi connectivity index (χ4v) is 1.27. The smallest absolute Gasteiger partial charge is 0.313 e. The van der Waals surface area contributed by atoms with Crippen molar-refractivity contribution < 1.29 is 14.3 Å². The average molecular weight is 206 g/mol. The van der Waals surface area contributed by atoms with E-state index >= 15 is 0 Å². The molecule has 0 unspecified atom stereocenters. The van der Waals surface area contributed by atoms with E-state index < -0.39 is 0 Å². The second kappa shape index (κ2) is 5.29. The van der Waals surface area contributed by atoms with E-state index in [-0.39, 0.29) is 11.9 Å². The number of carbonyl (C=O) groups is 2. The van der Waals surface area contributed by atoms with Crippen LogP contribution in [0.3, 0.4) is 0 Å². The fourth-order valence-electron chi connectivity index (χ4n) is 1.27. The number of benzene rings is 1. The summed E-state index contributed by atoms with van der Waals surface area (Å²) in [7, 11) is 0. The maximum atomic E-state index is 11.4. The number of esters is 1. The van der Waals surface area contributed by atoms with E-state index in [4.69, 9.17) is 4.74 Å². The summed E-state index contributed by atoms with van der Waals surface area (Å²) in [6, 6.07) is 6.92. The van der Waals surface area contributed by atoms with Gasteiger partial charge >= 0.3 is 5.97 Å². The summed E-state index contributed by atoms with van der Waals surface area (Å²) in [4.78, 5) is 21.8. The van der Waals surface area contributed by atoms with Gasteiger partial charge in [0.1, 0.15) is 6.29 Å². The monoisotopic (exact) mass is 206 g/mol. The highest BCUT2D eigenvalue weighted by Gasteiger charge is 2.15. The number of aldehydes is 1. The summed E-state index contributed by atoms with van der Waals surface area (Å²) in [6.07, 6.45) is 0.777. The van der Waals surface area contributed by atoms with Gasteiger partial charge in [-0.3, -0.25) is 9.59 Å². The molecule has 0 saturated carbocycles. The zero-order valence-electron chi connectivity index (χ0n) is 8.90. The normalized spacial score (nSPS) is 11.9. The van der Waals surface area contributed by atoms with Gasteiger partial charge in [-0.05, 0) is 19.4 Å². The van der Waals surface area contributed by atoms with Crippen molar-refractivity contribution in [2.75, 3.05) is 6.61 Å². The predicted molar refractivity (Wildman–Crippen MR) is 56.9 cm³/mol. The molecule has 0 radical (unpaired) electrons. The Kier molecular flexibility index (Phi) is 4.03. The fraction of sp³-hybridized carbons (Fsp3) is 0.333. The van der Waals surface area contributed by atoms with Gasteiger partial charge in [0, 0.05) is 5.56 Å². The third-order valence-corrected chi connectivity index (χ3v) is 2.21. The van der Waals surface area contributed by atoms with E-state index in [0.29, 0.717) is 12.2 Å². The molecule has 0 aliphatic carbocycles. The first-order chi connectivity index (χ1) is 7.19. The Balaban J connectivity index is 2.77. The molecule has 0 aromatic heterocycles. The molecule has 0 N–H and O–H groups in total. The van der Waals surface area contributed by atoms with Gasteiger partial charge in [-0.15, -0.1) is 0 Å². The van der Waals surface area contributed by atoms with Crippen LogP contribution in [0.15, 0.2) is 24.3 Å². The first-order valence-electron chi connectivity index (χ1n) is 4.90. The number of hydrogen-bond donors (Lipinski definition) is 0. The highest BCUT2D eigenvalue weighted by Crippen LogP contribution is 2.16. The van der Waals surface area contributed by atoms with Gasteiger partial charge in [-0.1, -0.05) is 24.3 Å². The van der Waals surface area contributed by atoms with Crippen LogP contribution in [0.5, 0.6) is 0 Å². The molecule has 0 spiro atoms. The molecular formula is C12H14O3. The van der Waals surface area contributed by atoms with Crippen LogP contribution in [0.25, 0.3) is 0 Å². The van der Waals surface area contributed by atoms with Crippen molar-refractivity contribution in [3.05, 3.63) is 35.4 Å². The Morgan fingerprint density at radius 2 is 2.00 bits per heavy atom. The second-order valence-electron chi connectivity index (χ2n) is 3.26. The summed E-state index contributed by atoms with van der Waals surface area (Å²) < 4.78 is 4.91. The van der Waals surface area contributed by atoms with Crippen molar-refractivity contribution in [3.8, 4) is 0 Å². The Bertz CT molecular complexity index is 340. The van der Waals surface area contributed by atoms with Crippen LogP contribution in [-0.4, -0.2) is 18.9 Å². The third kappa shape index (κ3) is 2.91.